The van der Waals surface area contributed by atoms with Crippen LogP contribution in [0.15, 0.2) is 48.5 Å². The van der Waals surface area contributed by atoms with Gasteiger partial charge in [0.2, 0.25) is 0 Å². The van der Waals surface area contributed by atoms with E-state index in [4.69, 9.17) is 0 Å². The molecule has 3 rings (SSSR count). The lowest BCUT2D eigenvalue weighted by Crippen LogP contribution is -2.20. The Morgan fingerprint density at radius 2 is 1.56 bits per heavy atom. The van der Waals surface area contributed by atoms with Crippen molar-refractivity contribution < 1.29 is 26.3 Å². The molecule has 0 unspecified atom stereocenters. The minimum Gasteiger partial charge on any atom is -0.370 e. The molecular weight excluding hydrogens is 458 g/mol. The molecule has 4 nitrogen and oxygen atoms in total. The Kier molecular flexibility index (Phi) is 7.24. The van der Waals surface area contributed by atoms with Gasteiger partial charge in [-0.05, 0) is 41.8 Å². The molecule has 3 aromatic rings. The number of nitriles is 1. The van der Waals surface area contributed by atoms with Crippen molar-refractivity contribution in [2.45, 2.75) is 39.3 Å². The van der Waals surface area contributed by atoms with Gasteiger partial charge >= 0.3 is 12.4 Å². The van der Waals surface area contributed by atoms with Crippen LogP contribution < -0.4 is 5.32 Å². The summed E-state index contributed by atoms with van der Waals surface area (Å²) in [5.41, 5.74) is -1.78. The molecule has 1 aromatic heterocycles. The number of aromatic nitrogens is 1. The number of para-hydroxylation sites is 1. The van der Waals surface area contributed by atoms with Crippen LogP contribution in [0.2, 0.25) is 0 Å². The lowest BCUT2D eigenvalue weighted by atomic mass is 10.0. The molecule has 10 heteroatoms. The van der Waals surface area contributed by atoms with Crippen LogP contribution in [0.25, 0.3) is 10.9 Å². The average Bonchev–Trinajstić information content (AvgIpc) is 2.75. The Bertz CT molecular complexity index is 1160. The minimum atomic E-state index is -4.95. The molecule has 1 heterocycles. The molecular formula is C24H22F6N4. The van der Waals surface area contributed by atoms with Crippen LogP contribution in [0.3, 0.4) is 0 Å². The zero-order chi connectivity index (χ0) is 25.1. The standard InChI is InChI=1S/C24H22F6N4/c1-15(2)11-32-22-18(9-17-5-3-4-6-21(17)33-22)13-34(14-31)12-16-7-19(23(25,26)27)10-20(8-16)24(28,29)30/h3-10,15H,11-13H2,1-2H3,(H,32,33). The molecule has 0 amide bonds. The number of nitrogens with zero attached hydrogens (tertiary/aromatic N) is 3. The number of pyridine rings is 1. The summed E-state index contributed by atoms with van der Waals surface area (Å²) < 4.78 is 79.1. The summed E-state index contributed by atoms with van der Waals surface area (Å²) in [6, 6.07) is 10.4. The number of hydrogen-bond acceptors (Lipinski definition) is 4. The molecule has 0 radical (unpaired) electrons. The number of halogens is 6. The van der Waals surface area contributed by atoms with E-state index in [1.54, 1.807) is 0 Å². The van der Waals surface area contributed by atoms with E-state index in [0.717, 1.165) is 10.3 Å². The van der Waals surface area contributed by atoms with Gasteiger partial charge in [-0.3, -0.25) is 0 Å². The molecule has 34 heavy (non-hydrogen) atoms. The van der Waals surface area contributed by atoms with Crippen LogP contribution in [0.4, 0.5) is 32.2 Å². The lowest BCUT2D eigenvalue weighted by molar-refractivity contribution is -0.143. The van der Waals surface area contributed by atoms with Gasteiger partial charge in [0.05, 0.1) is 29.7 Å². The summed E-state index contributed by atoms with van der Waals surface area (Å²) in [6.07, 6.45) is -8.04. The fraction of sp³-hybridized carbons (Fsp3) is 0.333. The zero-order valence-electron chi connectivity index (χ0n) is 18.4. The molecule has 0 saturated heterocycles. The molecule has 1 N–H and O–H groups in total. The molecule has 180 valence electrons. The van der Waals surface area contributed by atoms with E-state index in [1.165, 1.54) is 0 Å². The van der Waals surface area contributed by atoms with Crippen molar-refractivity contribution in [2.75, 3.05) is 11.9 Å². The lowest BCUT2D eigenvalue weighted by Gasteiger charge is -2.21. The van der Waals surface area contributed by atoms with E-state index < -0.39 is 30.0 Å². The maximum absolute atomic E-state index is 13.2. The number of rotatable bonds is 7. The first kappa shape index (κ1) is 25.1. The van der Waals surface area contributed by atoms with Crippen LogP contribution in [0.1, 0.15) is 36.1 Å². The van der Waals surface area contributed by atoms with Gasteiger partial charge < -0.3 is 10.2 Å². The third-order valence-electron chi connectivity index (χ3n) is 5.00. The van der Waals surface area contributed by atoms with Crippen molar-refractivity contribution >= 4 is 16.7 Å². The second-order valence-electron chi connectivity index (χ2n) is 8.33. The van der Waals surface area contributed by atoms with Crippen LogP contribution in [0, 0.1) is 17.4 Å². The predicted octanol–water partition coefficient (Wildman–Crippen LogP) is 6.82. The van der Waals surface area contributed by atoms with Crippen molar-refractivity contribution in [3.63, 3.8) is 0 Å². The summed E-state index contributed by atoms with van der Waals surface area (Å²) in [7, 11) is 0. The van der Waals surface area contributed by atoms with E-state index in [1.807, 2.05) is 50.4 Å². The summed E-state index contributed by atoms with van der Waals surface area (Å²) >= 11 is 0. The topological polar surface area (TPSA) is 52.0 Å². The molecule has 0 bridgehead atoms. The number of alkyl halides is 6. The smallest absolute Gasteiger partial charge is 0.370 e. The summed E-state index contributed by atoms with van der Waals surface area (Å²) in [4.78, 5) is 5.69. The van der Waals surface area contributed by atoms with Gasteiger partial charge in [0.15, 0.2) is 6.19 Å². The first-order valence-corrected chi connectivity index (χ1v) is 10.4. The van der Waals surface area contributed by atoms with Gasteiger partial charge in [-0.15, -0.1) is 0 Å². The second-order valence-corrected chi connectivity index (χ2v) is 8.33. The number of benzene rings is 2. The second kappa shape index (κ2) is 9.79. The minimum absolute atomic E-state index is 0.0492. The van der Waals surface area contributed by atoms with Gasteiger partial charge in [0.25, 0.3) is 0 Å². The van der Waals surface area contributed by atoms with Crippen molar-refractivity contribution in [3.05, 3.63) is 70.8 Å². The molecule has 0 fully saturated rings. The highest BCUT2D eigenvalue weighted by Gasteiger charge is 2.37. The van der Waals surface area contributed by atoms with Crippen LogP contribution in [-0.2, 0) is 25.4 Å². The number of nitrogens with one attached hydrogen (secondary N) is 1. The van der Waals surface area contributed by atoms with E-state index in [-0.39, 0.29) is 18.2 Å². The third kappa shape index (κ3) is 6.31. The summed E-state index contributed by atoms with van der Waals surface area (Å²) in [6.45, 7) is 4.11. The monoisotopic (exact) mass is 480 g/mol. The number of hydrogen-bond donors (Lipinski definition) is 1. The van der Waals surface area contributed by atoms with Crippen LogP contribution >= 0.6 is 0 Å². The Morgan fingerprint density at radius 1 is 0.941 bits per heavy atom. The van der Waals surface area contributed by atoms with Gasteiger partial charge in [-0.2, -0.15) is 31.6 Å². The summed E-state index contributed by atoms with van der Waals surface area (Å²) in [5, 5.41) is 13.6. The molecule has 0 aliphatic heterocycles. The van der Waals surface area contributed by atoms with E-state index in [2.05, 4.69) is 10.3 Å². The normalized spacial score (nSPS) is 12.1. The number of anilines is 1. The van der Waals surface area contributed by atoms with E-state index >= 15 is 0 Å². The summed E-state index contributed by atoms with van der Waals surface area (Å²) in [5.74, 6) is 0.798. The van der Waals surface area contributed by atoms with Crippen molar-refractivity contribution in [1.29, 1.82) is 5.26 Å². The highest BCUT2D eigenvalue weighted by atomic mass is 19.4. The Labute approximate surface area is 192 Å². The molecule has 0 aliphatic rings. The molecule has 0 aliphatic carbocycles. The van der Waals surface area contributed by atoms with Crippen molar-refractivity contribution in [1.82, 2.24) is 9.88 Å². The van der Waals surface area contributed by atoms with Crippen LogP contribution in [-0.4, -0.2) is 16.4 Å². The van der Waals surface area contributed by atoms with Gasteiger partial charge in [-0.1, -0.05) is 32.0 Å². The number of fused-ring (bicyclic) bond motifs is 1. The van der Waals surface area contributed by atoms with Gasteiger partial charge in [0, 0.05) is 17.5 Å². The quantitative estimate of drug-likeness (QED) is 0.229. The highest BCUT2D eigenvalue weighted by Crippen LogP contribution is 2.36. The largest absolute Gasteiger partial charge is 0.416 e. The molecule has 2 aromatic carbocycles. The Morgan fingerprint density at radius 3 is 2.12 bits per heavy atom. The third-order valence-corrected chi connectivity index (χ3v) is 5.00. The first-order chi connectivity index (χ1) is 15.9. The van der Waals surface area contributed by atoms with Crippen molar-refractivity contribution in [3.8, 4) is 6.19 Å². The van der Waals surface area contributed by atoms with Gasteiger partial charge in [0.1, 0.15) is 5.82 Å². The SMILES string of the molecule is CC(C)CNc1nc2ccccc2cc1CN(C#N)Cc1cc(C(F)(F)F)cc(C(F)(F)F)c1. The maximum atomic E-state index is 13.2. The molecule has 0 spiro atoms. The predicted molar refractivity (Wildman–Crippen MR) is 116 cm³/mol. The molecule has 0 saturated carbocycles. The Balaban J connectivity index is 1.95. The fourth-order valence-corrected chi connectivity index (χ4v) is 3.40. The van der Waals surface area contributed by atoms with E-state index in [0.29, 0.717) is 41.5 Å². The van der Waals surface area contributed by atoms with Crippen LogP contribution in [0.5, 0.6) is 0 Å². The first-order valence-electron chi connectivity index (χ1n) is 10.4. The fourth-order valence-electron chi connectivity index (χ4n) is 3.40. The average molecular weight is 480 g/mol. The zero-order valence-corrected chi connectivity index (χ0v) is 18.4. The van der Waals surface area contributed by atoms with E-state index in [9.17, 15) is 31.6 Å². The maximum Gasteiger partial charge on any atom is 0.416 e. The molecule has 0 atom stereocenters. The van der Waals surface area contributed by atoms with Crippen molar-refractivity contribution in [2.24, 2.45) is 5.92 Å². The van der Waals surface area contributed by atoms with Gasteiger partial charge in [-0.25, -0.2) is 4.98 Å². The highest BCUT2D eigenvalue weighted by molar-refractivity contribution is 5.81. The Hall–Kier alpha value is -3.48.